The average molecular weight is 428 g/mol. The zero-order valence-corrected chi connectivity index (χ0v) is 20.4. The SMILES string of the molecule is Cc1cc(C(C)(C)C)cc(C)c1NC(=NC(C)(C)C)N(OS(=O)(=O)O)C(C)(C)C. The van der Waals surface area contributed by atoms with E-state index in [2.05, 4.69) is 43.2 Å². The van der Waals surface area contributed by atoms with Crippen LogP contribution in [0, 0.1) is 13.8 Å². The third-order valence-electron chi connectivity index (χ3n) is 4.05. The Labute approximate surface area is 176 Å². The molecule has 8 heteroatoms. The van der Waals surface area contributed by atoms with Gasteiger partial charge in [-0.3, -0.25) is 4.55 Å². The normalized spacial score (nSPS) is 14.1. The van der Waals surface area contributed by atoms with Crippen molar-refractivity contribution in [2.45, 2.75) is 92.7 Å². The number of nitrogens with one attached hydrogen (secondary N) is 1. The molecule has 0 spiro atoms. The van der Waals surface area contributed by atoms with Crippen LogP contribution in [0.15, 0.2) is 17.1 Å². The lowest BCUT2D eigenvalue weighted by molar-refractivity contribution is -0.0581. The molecule has 0 bridgehead atoms. The molecule has 1 aromatic rings. The van der Waals surface area contributed by atoms with E-state index < -0.39 is 21.5 Å². The van der Waals surface area contributed by atoms with Crippen LogP contribution < -0.4 is 5.32 Å². The highest BCUT2D eigenvalue weighted by Gasteiger charge is 2.32. The smallest absolute Gasteiger partial charge is 0.324 e. The lowest BCUT2D eigenvalue weighted by Gasteiger charge is -2.36. The molecule has 0 radical (unpaired) electrons. The first-order valence-corrected chi connectivity index (χ1v) is 11.0. The van der Waals surface area contributed by atoms with Crippen molar-refractivity contribution in [1.82, 2.24) is 5.06 Å². The summed E-state index contributed by atoms with van der Waals surface area (Å²) in [4.78, 5) is 4.64. The highest BCUT2D eigenvalue weighted by atomic mass is 32.3. The molecule has 0 saturated carbocycles. The lowest BCUT2D eigenvalue weighted by atomic mass is 9.85. The molecule has 7 nitrogen and oxygen atoms in total. The molecule has 0 aliphatic rings. The third-order valence-corrected chi connectivity index (χ3v) is 4.38. The minimum atomic E-state index is -4.74. The number of aliphatic imine (C=N–C) groups is 1. The van der Waals surface area contributed by atoms with E-state index in [9.17, 15) is 13.0 Å². The number of hydroxylamine groups is 2. The van der Waals surface area contributed by atoms with Gasteiger partial charge in [-0.15, -0.1) is 4.28 Å². The maximum absolute atomic E-state index is 11.5. The summed E-state index contributed by atoms with van der Waals surface area (Å²) in [6, 6.07) is 4.21. The minimum absolute atomic E-state index is 0.00189. The highest BCUT2D eigenvalue weighted by molar-refractivity contribution is 7.80. The van der Waals surface area contributed by atoms with Crippen molar-refractivity contribution >= 4 is 22.0 Å². The molecular weight excluding hydrogens is 390 g/mol. The second-order valence-corrected chi connectivity index (χ2v) is 11.4. The fourth-order valence-corrected chi connectivity index (χ4v) is 3.19. The van der Waals surface area contributed by atoms with Gasteiger partial charge in [0.2, 0.25) is 5.96 Å². The summed E-state index contributed by atoms with van der Waals surface area (Å²) in [5.41, 5.74) is 2.68. The van der Waals surface area contributed by atoms with Gasteiger partial charge in [0, 0.05) is 5.69 Å². The minimum Gasteiger partial charge on any atom is -0.324 e. The summed E-state index contributed by atoms with van der Waals surface area (Å²) in [5, 5.41) is 4.34. The Morgan fingerprint density at radius 2 is 1.45 bits per heavy atom. The van der Waals surface area contributed by atoms with Crippen molar-refractivity contribution in [2.24, 2.45) is 4.99 Å². The second-order valence-electron chi connectivity index (χ2n) is 10.4. The Morgan fingerprint density at radius 1 is 1.00 bits per heavy atom. The Balaban J connectivity index is 3.58. The Bertz CT molecular complexity index is 848. The van der Waals surface area contributed by atoms with Gasteiger partial charge in [-0.05, 0) is 77.5 Å². The van der Waals surface area contributed by atoms with Crippen LogP contribution in [0.2, 0.25) is 0 Å². The first-order chi connectivity index (χ1) is 12.7. The molecule has 29 heavy (non-hydrogen) atoms. The van der Waals surface area contributed by atoms with Crippen LogP contribution in [0.1, 0.15) is 79.0 Å². The highest BCUT2D eigenvalue weighted by Crippen LogP contribution is 2.30. The van der Waals surface area contributed by atoms with Crippen molar-refractivity contribution in [2.75, 3.05) is 5.32 Å². The molecule has 0 unspecified atom stereocenters. The Kier molecular flexibility index (Phi) is 7.22. The largest absolute Gasteiger partial charge is 0.418 e. The van der Waals surface area contributed by atoms with Crippen LogP contribution >= 0.6 is 0 Å². The van der Waals surface area contributed by atoms with Crippen molar-refractivity contribution in [1.29, 1.82) is 0 Å². The lowest BCUT2D eigenvalue weighted by Crippen LogP contribution is -2.50. The van der Waals surface area contributed by atoms with Crippen LogP contribution in [0.25, 0.3) is 0 Å². The van der Waals surface area contributed by atoms with E-state index in [1.165, 1.54) is 5.56 Å². The maximum atomic E-state index is 11.5. The van der Waals surface area contributed by atoms with E-state index in [1.54, 1.807) is 20.8 Å². The van der Waals surface area contributed by atoms with Gasteiger partial charge in [-0.1, -0.05) is 32.9 Å². The molecule has 0 saturated heterocycles. The van der Waals surface area contributed by atoms with Gasteiger partial charge >= 0.3 is 10.4 Å². The van der Waals surface area contributed by atoms with E-state index in [-0.39, 0.29) is 11.4 Å². The number of benzene rings is 1. The average Bonchev–Trinajstić information content (AvgIpc) is 2.43. The Morgan fingerprint density at radius 3 is 1.76 bits per heavy atom. The van der Waals surface area contributed by atoms with Crippen LogP contribution in [-0.2, 0) is 20.1 Å². The van der Waals surface area contributed by atoms with Crippen LogP contribution in [0.4, 0.5) is 5.69 Å². The van der Waals surface area contributed by atoms with E-state index in [0.717, 1.165) is 21.9 Å². The quantitative estimate of drug-likeness (QED) is 0.305. The molecule has 0 aliphatic carbocycles. The van der Waals surface area contributed by atoms with Crippen molar-refractivity contribution in [3.63, 3.8) is 0 Å². The van der Waals surface area contributed by atoms with E-state index in [0.29, 0.717) is 0 Å². The number of aryl methyl sites for hydroxylation is 2. The van der Waals surface area contributed by atoms with Crippen LogP contribution in [-0.4, -0.2) is 35.1 Å². The molecule has 166 valence electrons. The number of rotatable bonds is 3. The van der Waals surface area contributed by atoms with Gasteiger partial charge in [0.05, 0.1) is 11.1 Å². The molecule has 0 fully saturated rings. The van der Waals surface area contributed by atoms with E-state index in [4.69, 9.17) is 4.28 Å². The van der Waals surface area contributed by atoms with Gasteiger partial charge in [-0.25, -0.2) is 4.99 Å². The van der Waals surface area contributed by atoms with Crippen LogP contribution in [0.3, 0.4) is 0 Å². The monoisotopic (exact) mass is 427 g/mol. The van der Waals surface area contributed by atoms with E-state index >= 15 is 0 Å². The Hall–Kier alpha value is -1.64. The molecule has 1 aromatic carbocycles. The fourth-order valence-electron chi connectivity index (χ4n) is 2.71. The summed E-state index contributed by atoms with van der Waals surface area (Å²) >= 11 is 0. The topological polar surface area (TPSA) is 91.2 Å². The number of anilines is 1. The first-order valence-electron chi connectivity index (χ1n) is 9.66. The molecule has 0 aromatic heterocycles. The summed E-state index contributed by atoms with van der Waals surface area (Å²) in [5.74, 6) is 0.192. The predicted molar refractivity (Wildman–Crippen MR) is 120 cm³/mol. The number of nitrogens with zero attached hydrogens (tertiary/aromatic N) is 2. The summed E-state index contributed by atoms with van der Waals surface area (Å²) in [7, 11) is -4.74. The van der Waals surface area contributed by atoms with Gasteiger partial charge in [0.1, 0.15) is 0 Å². The molecule has 2 N–H and O–H groups in total. The van der Waals surface area contributed by atoms with Crippen molar-refractivity contribution in [3.8, 4) is 0 Å². The fraction of sp³-hybridized carbons (Fsp3) is 0.667. The third kappa shape index (κ3) is 7.95. The second kappa shape index (κ2) is 8.24. The summed E-state index contributed by atoms with van der Waals surface area (Å²) in [6.45, 7) is 21.4. The summed E-state index contributed by atoms with van der Waals surface area (Å²) in [6.07, 6.45) is 0. The zero-order valence-electron chi connectivity index (χ0n) is 19.6. The zero-order chi connectivity index (χ0) is 23.0. The molecule has 1 rings (SSSR count). The molecule has 0 heterocycles. The van der Waals surface area contributed by atoms with Gasteiger partial charge in [0.15, 0.2) is 0 Å². The number of hydrogen-bond donors (Lipinski definition) is 2. The van der Waals surface area contributed by atoms with Crippen LogP contribution in [0.5, 0.6) is 0 Å². The number of guanidine groups is 1. The number of hydrogen-bond acceptors (Lipinski definition) is 4. The van der Waals surface area contributed by atoms with Crippen molar-refractivity contribution < 1.29 is 17.3 Å². The molecular formula is C21H37N3O4S. The molecule has 0 atom stereocenters. The maximum Gasteiger partial charge on any atom is 0.418 e. The molecule has 0 aliphatic heterocycles. The van der Waals surface area contributed by atoms with Gasteiger partial charge < -0.3 is 5.32 Å². The van der Waals surface area contributed by atoms with E-state index in [1.807, 2.05) is 34.6 Å². The first kappa shape index (κ1) is 25.4. The molecule has 0 amide bonds. The predicted octanol–water partition coefficient (Wildman–Crippen LogP) is 5.00. The summed E-state index contributed by atoms with van der Waals surface area (Å²) < 4.78 is 37.3. The van der Waals surface area contributed by atoms with Gasteiger partial charge in [-0.2, -0.15) is 13.5 Å². The van der Waals surface area contributed by atoms with Crippen molar-refractivity contribution in [3.05, 3.63) is 28.8 Å². The standard InChI is InChI=1S/C21H37N3O4S/c1-14-12-16(19(3,4)5)13-15(2)17(14)22-18(23-20(6,7)8)24(21(9,10)11)28-29(25,26)27/h12-13H,1-11H3,(H,22,23)(H,25,26,27). The van der Waals surface area contributed by atoms with Gasteiger partial charge in [0.25, 0.3) is 0 Å².